The van der Waals surface area contributed by atoms with E-state index in [2.05, 4.69) is 37.1 Å². The van der Waals surface area contributed by atoms with Crippen molar-refractivity contribution in [3.63, 3.8) is 0 Å². The predicted molar refractivity (Wildman–Crippen MR) is 68.5 cm³/mol. The Bertz CT molecular complexity index is 466. The maximum atomic E-state index is 12.2. The Morgan fingerprint density at radius 1 is 1.35 bits per heavy atom. The van der Waals surface area contributed by atoms with Gasteiger partial charge in [0.25, 0.3) is 0 Å². The molecule has 1 aliphatic heterocycles. The number of carbonyl (C=O) groups is 1. The van der Waals surface area contributed by atoms with Gasteiger partial charge in [0, 0.05) is 24.4 Å². The van der Waals surface area contributed by atoms with Gasteiger partial charge < -0.3 is 4.90 Å². The Labute approximate surface area is 103 Å². The van der Waals surface area contributed by atoms with Crippen molar-refractivity contribution in [2.45, 2.75) is 25.7 Å². The number of benzene rings is 1. The molecule has 2 aliphatic rings. The molecule has 0 spiro atoms. The highest BCUT2D eigenvalue weighted by Crippen LogP contribution is 2.40. The molecular weight excluding hydrogens is 210 g/mol. The van der Waals surface area contributed by atoms with Crippen molar-refractivity contribution in [3.8, 4) is 0 Å². The van der Waals surface area contributed by atoms with Gasteiger partial charge in [-0.25, -0.2) is 0 Å². The highest BCUT2D eigenvalue weighted by molar-refractivity contribution is 5.99. The standard InChI is InChI=1S/C15H19NO/c1-10-3-4-12-13(7-10)15(17)8-11-5-6-16(2)9-14(11)12/h3-4,7,11,14H,5-6,8-9H2,1-2H3/t11-,14-/m0/s1. The number of ketones is 1. The minimum Gasteiger partial charge on any atom is -0.306 e. The van der Waals surface area contributed by atoms with E-state index in [0.717, 1.165) is 25.1 Å². The molecule has 1 fully saturated rings. The monoisotopic (exact) mass is 229 g/mol. The summed E-state index contributed by atoms with van der Waals surface area (Å²) >= 11 is 0. The maximum absolute atomic E-state index is 12.2. The van der Waals surface area contributed by atoms with Crippen LogP contribution in [-0.4, -0.2) is 30.8 Å². The van der Waals surface area contributed by atoms with Crippen molar-refractivity contribution < 1.29 is 4.79 Å². The average Bonchev–Trinajstić information content (AvgIpc) is 2.30. The van der Waals surface area contributed by atoms with Crippen LogP contribution in [0.1, 0.15) is 40.2 Å². The molecule has 0 unspecified atom stereocenters. The molecule has 90 valence electrons. The number of fused-ring (bicyclic) bond motifs is 3. The van der Waals surface area contributed by atoms with Gasteiger partial charge in [0.05, 0.1) is 0 Å². The molecule has 0 aromatic heterocycles. The number of carbonyl (C=O) groups excluding carboxylic acids is 1. The van der Waals surface area contributed by atoms with Crippen LogP contribution in [0.5, 0.6) is 0 Å². The number of piperidine rings is 1. The zero-order valence-electron chi connectivity index (χ0n) is 10.6. The Kier molecular flexibility index (Phi) is 2.55. The second kappa shape index (κ2) is 3.95. The van der Waals surface area contributed by atoms with Crippen LogP contribution in [-0.2, 0) is 0 Å². The number of hydrogen-bond donors (Lipinski definition) is 0. The van der Waals surface area contributed by atoms with E-state index >= 15 is 0 Å². The lowest BCUT2D eigenvalue weighted by Crippen LogP contribution is -2.40. The van der Waals surface area contributed by atoms with Crippen molar-refractivity contribution in [2.24, 2.45) is 5.92 Å². The third-order valence-electron chi connectivity index (χ3n) is 4.32. The van der Waals surface area contributed by atoms with Gasteiger partial charge in [-0.1, -0.05) is 17.7 Å². The van der Waals surface area contributed by atoms with Gasteiger partial charge in [-0.15, -0.1) is 0 Å². The van der Waals surface area contributed by atoms with Crippen LogP contribution in [0.4, 0.5) is 0 Å². The molecule has 0 bridgehead atoms. The molecule has 0 saturated carbocycles. The van der Waals surface area contributed by atoms with E-state index in [-0.39, 0.29) is 0 Å². The fourth-order valence-corrected chi connectivity index (χ4v) is 3.34. The van der Waals surface area contributed by atoms with E-state index in [9.17, 15) is 4.79 Å². The summed E-state index contributed by atoms with van der Waals surface area (Å²) in [4.78, 5) is 14.6. The largest absolute Gasteiger partial charge is 0.306 e. The lowest BCUT2D eigenvalue weighted by molar-refractivity contribution is 0.0887. The van der Waals surface area contributed by atoms with E-state index in [0.29, 0.717) is 17.6 Å². The molecule has 2 atom stereocenters. The minimum absolute atomic E-state index is 0.356. The van der Waals surface area contributed by atoms with E-state index in [4.69, 9.17) is 0 Å². The number of Topliss-reactive ketones (excluding diaryl/α,β-unsaturated/α-hetero) is 1. The summed E-state index contributed by atoms with van der Waals surface area (Å²) in [6.07, 6.45) is 1.93. The molecule has 1 saturated heterocycles. The van der Waals surface area contributed by atoms with Gasteiger partial charge in [-0.2, -0.15) is 0 Å². The Morgan fingerprint density at radius 3 is 3.00 bits per heavy atom. The van der Waals surface area contributed by atoms with Crippen LogP contribution >= 0.6 is 0 Å². The Hall–Kier alpha value is -1.15. The first-order chi connectivity index (χ1) is 8.15. The number of rotatable bonds is 0. The second-order valence-corrected chi connectivity index (χ2v) is 5.64. The predicted octanol–water partition coefficient (Wildman–Crippen LogP) is 2.62. The third kappa shape index (κ3) is 1.81. The maximum Gasteiger partial charge on any atom is 0.163 e. The number of likely N-dealkylation sites (N-methyl/N-ethyl adjacent to an activating group) is 1. The molecule has 1 aliphatic carbocycles. The van der Waals surface area contributed by atoms with Crippen molar-refractivity contribution in [3.05, 3.63) is 34.9 Å². The second-order valence-electron chi connectivity index (χ2n) is 5.64. The third-order valence-corrected chi connectivity index (χ3v) is 4.32. The van der Waals surface area contributed by atoms with Crippen LogP contribution in [0, 0.1) is 12.8 Å². The molecule has 0 radical (unpaired) electrons. The normalized spacial score (nSPS) is 28.7. The van der Waals surface area contributed by atoms with Crippen molar-refractivity contribution >= 4 is 5.78 Å². The molecule has 1 aromatic rings. The summed E-state index contributed by atoms with van der Waals surface area (Å²) in [5, 5.41) is 0. The SMILES string of the molecule is Cc1ccc2c(c1)C(=O)C[C@@H]1CCN(C)C[C@H]21. The van der Waals surface area contributed by atoms with Crippen LogP contribution in [0.2, 0.25) is 0 Å². The van der Waals surface area contributed by atoms with E-state index in [1.165, 1.54) is 17.5 Å². The van der Waals surface area contributed by atoms with Gasteiger partial charge in [0.1, 0.15) is 0 Å². The van der Waals surface area contributed by atoms with E-state index in [1.54, 1.807) is 0 Å². The van der Waals surface area contributed by atoms with Gasteiger partial charge in [-0.05, 0) is 44.5 Å². The fraction of sp³-hybridized carbons (Fsp3) is 0.533. The first kappa shape index (κ1) is 11.0. The quantitative estimate of drug-likeness (QED) is 0.681. The molecule has 2 nitrogen and oxygen atoms in total. The summed E-state index contributed by atoms with van der Waals surface area (Å²) in [6.45, 7) is 4.30. The Balaban J connectivity index is 2.05. The number of likely N-dealkylation sites (tertiary alicyclic amines) is 1. The molecular formula is C15H19NO. The number of nitrogens with zero attached hydrogens (tertiary/aromatic N) is 1. The van der Waals surface area contributed by atoms with Crippen LogP contribution in [0.25, 0.3) is 0 Å². The lowest BCUT2D eigenvalue weighted by atomic mass is 9.71. The Morgan fingerprint density at radius 2 is 2.18 bits per heavy atom. The zero-order chi connectivity index (χ0) is 12.0. The smallest absolute Gasteiger partial charge is 0.163 e. The van der Waals surface area contributed by atoms with Crippen molar-refractivity contribution in [1.29, 1.82) is 0 Å². The van der Waals surface area contributed by atoms with Gasteiger partial charge in [0.2, 0.25) is 0 Å². The topological polar surface area (TPSA) is 20.3 Å². The molecule has 2 heteroatoms. The molecule has 1 heterocycles. The van der Waals surface area contributed by atoms with E-state index < -0.39 is 0 Å². The summed E-state index contributed by atoms with van der Waals surface area (Å²) in [6, 6.07) is 6.39. The summed E-state index contributed by atoms with van der Waals surface area (Å²) in [5.74, 6) is 1.51. The van der Waals surface area contributed by atoms with Gasteiger partial charge in [-0.3, -0.25) is 4.79 Å². The van der Waals surface area contributed by atoms with Crippen molar-refractivity contribution in [1.82, 2.24) is 4.90 Å². The van der Waals surface area contributed by atoms with Crippen LogP contribution in [0.15, 0.2) is 18.2 Å². The molecule has 1 aromatic carbocycles. The highest BCUT2D eigenvalue weighted by Gasteiger charge is 2.36. The summed E-state index contributed by atoms with van der Waals surface area (Å²) < 4.78 is 0. The zero-order valence-corrected chi connectivity index (χ0v) is 10.6. The summed E-state index contributed by atoms with van der Waals surface area (Å²) in [5.41, 5.74) is 3.48. The van der Waals surface area contributed by atoms with E-state index in [1.807, 2.05) is 0 Å². The molecule has 0 N–H and O–H groups in total. The van der Waals surface area contributed by atoms with Gasteiger partial charge >= 0.3 is 0 Å². The van der Waals surface area contributed by atoms with Crippen LogP contribution in [0.3, 0.4) is 0 Å². The average molecular weight is 229 g/mol. The van der Waals surface area contributed by atoms with Crippen molar-refractivity contribution in [2.75, 3.05) is 20.1 Å². The number of aryl methyl sites for hydroxylation is 1. The van der Waals surface area contributed by atoms with Crippen LogP contribution < -0.4 is 0 Å². The summed E-state index contributed by atoms with van der Waals surface area (Å²) in [7, 11) is 2.18. The molecule has 17 heavy (non-hydrogen) atoms. The number of hydrogen-bond acceptors (Lipinski definition) is 2. The first-order valence-corrected chi connectivity index (χ1v) is 6.47. The molecule has 3 rings (SSSR count). The lowest BCUT2D eigenvalue weighted by Gasteiger charge is -2.40. The highest BCUT2D eigenvalue weighted by atomic mass is 16.1. The van der Waals surface area contributed by atoms with Gasteiger partial charge in [0.15, 0.2) is 5.78 Å². The first-order valence-electron chi connectivity index (χ1n) is 6.47. The molecule has 0 amide bonds. The minimum atomic E-state index is 0.356. The fourth-order valence-electron chi connectivity index (χ4n) is 3.34.